The third-order valence-corrected chi connectivity index (χ3v) is 2.71. The normalized spacial score (nSPS) is 10.3. The molecule has 0 spiro atoms. The van der Waals surface area contributed by atoms with Crippen LogP contribution in [-0.4, -0.2) is 47.3 Å². The van der Waals surface area contributed by atoms with E-state index in [4.69, 9.17) is 14.9 Å². The SMILES string of the molecule is CC(C)OC(=O)c1cccc(N(CCC(=O)O)CC(=O)O)c1. The summed E-state index contributed by atoms with van der Waals surface area (Å²) in [6.07, 6.45) is -0.466. The number of ether oxygens (including phenoxy) is 1. The minimum absolute atomic E-state index is 0.0321. The molecule has 120 valence electrons. The van der Waals surface area contributed by atoms with Crippen molar-refractivity contribution in [1.29, 1.82) is 0 Å². The molecule has 0 aliphatic rings. The Morgan fingerprint density at radius 3 is 2.41 bits per heavy atom. The maximum atomic E-state index is 11.9. The lowest BCUT2D eigenvalue weighted by Gasteiger charge is -2.22. The van der Waals surface area contributed by atoms with Crippen molar-refractivity contribution in [2.75, 3.05) is 18.0 Å². The fourth-order valence-corrected chi connectivity index (χ4v) is 1.81. The molecule has 0 saturated heterocycles. The molecule has 0 saturated carbocycles. The number of carboxylic acids is 2. The van der Waals surface area contributed by atoms with Gasteiger partial charge in [-0.05, 0) is 32.0 Å². The predicted octanol–water partition coefficient (Wildman–Crippen LogP) is 1.62. The number of hydrogen-bond donors (Lipinski definition) is 2. The highest BCUT2D eigenvalue weighted by Gasteiger charge is 2.15. The minimum Gasteiger partial charge on any atom is -0.481 e. The zero-order valence-electron chi connectivity index (χ0n) is 12.5. The van der Waals surface area contributed by atoms with Crippen LogP contribution in [0.4, 0.5) is 5.69 Å². The van der Waals surface area contributed by atoms with E-state index in [2.05, 4.69) is 0 Å². The Labute approximate surface area is 128 Å². The average molecular weight is 309 g/mol. The number of carbonyl (C=O) groups excluding carboxylic acids is 1. The van der Waals surface area contributed by atoms with Crippen LogP contribution in [0.5, 0.6) is 0 Å². The largest absolute Gasteiger partial charge is 0.481 e. The van der Waals surface area contributed by atoms with E-state index < -0.39 is 17.9 Å². The van der Waals surface area contributed by atoms with E-state index in [9.17, 15) is 14.4 Å². The van der Waals surface area contributed by atoms with Crippen LogP contribution >= 0.6 is 0 Å². The van der Waals surface area contributed by atoms with Crippen LogP contribution in [0, 0.1) is 0 Å². The second kappa shape index (κ2) is 8.02. The fraction of sp³-hybridized carbons (Fsp3) is 0.400. The number of esters is 1. The van der Waals surface area contributed by atoms with Crippen LogP contribution in [-0.2, 0) is 14.3 Å². The molecule has 1 aromatic carbocycles. The van der Waals surface area contributed by atoms with E-state index in [-0.39, 0.29) is 31.2 Å². The number of benzene rings is 1. The number of carbonyl (C=O) groups is 3. The molecule has 0 unspecified atom stereocenters. The highest BCUT2D eigenvalue weighted by atomic mass is 16.5. The molecule has 1 aromatic rings. The molecule has 0 atom stereocenters. The standard InChI is InChI=1S/C15H19NO6/c1-10(2)22-15(21)11-4-3-5-12(8-11)16(9-14(19)20)7-6-13(17)18/h3-5,8,10H,6-7,9H2,1-2H3,(H,17,18)(H,19,20). The van der Waals surface area contributed by atoms with Crippen LogP contribution in [0.15, 0.2) is 24.3 Å². The van der Waals surface area contributed by atoms with Crippen molar-refractivity contribution < 1.29 is 29.3 Å². The molecule has 0 aromatic heterocycles. The van der Waals surface area contributed by atoms with E-state index in [1.165, 1.54) is 11.0 Å². The van der Waals surface area contributed by atoms with Crippen LogP contribution in [0.25, 0.3) is 0 Å². The number of anilines is 1. The topological polar surface area (TPSA) is 104 Å². The molecule has 0 aliphatic carbocycles. The Kier molecular flexibility index (Phi) is 6.37. The molecule has 7 heteroatoms. The second-order valence-corrected chi connectivity index (χ2v) is 4.96. The summed E-state index contributed by atoms with van der Waals surface area (Å²) < 4.78 is 5.08. The van der Waals surface area contributed by atoms with Gasteiger partial charge in [0.05, 0.1) is 18.1 Å². The van der Waals surface area contributed by atoms with E-state index in [1.54, 1.807) is 32.0 Å². The van der Waals surface area contributed by atoms with Gasteiger partial charge in [0.2, 0.25) is 0 Å². The first-order chi connectivity index (χ1) is 10.3. The van der Waals surface area contributed by atoms with Gasteiger partial charge in [0, 0.05) is 12.2 Å². The van der Waals surface area contributed by atoms with Crippen LogP contribution in [0.1, 0.15) is 30.6 Å². The summed E-state index contributed by atoms with van der Waals surface area (Å²) in [4.78, 5) is 34.8. The second-order valence-electron chi connectivity index (χ2n) is 4.96. The van der Waals surface area contributed by atoms with Gasteiger partial charge >= 0.3 is 17.9 Å². The third-order valence-electron chi connectivity index (χ3n) is 2.71. The van der Waals surface area contributed by atoms with E-state index in [0.717, 1.165) is 0 Å². The summed E-state index contributed by atoms with van der Waals surface area (Å²) in [7, 11) is 0. The molecule has 1 rings (SSSR count). The molecule has 7 nitrogen and oxygen atoms in total. The summed E-state index contributed by atoms with van der Waals surface area (Å²) in [5, 5.41) is 17.7. The van der Waals surface area contributed by atoms with E-state index in [1.807, 2.05) is 0 Å². The van der Waals surface area contributed by atoms with Gasteiger partial charge in [-0.3, -0.25) is 9.59 Å². The summed E-state index contributed by atoms with van der Waals surface area (Å²) in [5.41, 5.74) is 0.749. The quantitative estimate of drug-likeness (QED) is 0.703. The summed E-state index contributed by atoms with van der Waals surface area (Å²) in [5.74, 6) is -2.61. The van der Waals surface area contributed by atoms with E-state index >= 15 is 0 Å². The third kappa shape index (κ3) is 5.82. The van der Waals surface area contributed by atoms with Crippen molar-refractivity contribution in [3.05, 3.63) is 29.8 Å². The number of aliphatic carboxylic acids is 2. The molecule has 0 bridgehead atoms. The number of nitrogens with zero attached hydrogens (tertiary/aromatic N) is 1. The molecule has 0 heterocycles. The van der Waals surface area contributed by atoms with Gasteiger partial charge in [0.25, 0.3) is 0 Å². The fourth-order valence-electron chi connectivity index (χ4n) is 1.81. The van der Waals surface area contributed by atoms with Gasteiger partial charge in [0.15, 0.2) is 0 Å². The lowest BCUT2D eigenvalue weighted by atomic mass is 10.1. The summed E-state index contributed by atoms with van der Waals surface area (Å²) in [6, 6.07) is 6.28. The Morgan fingerprint density at radius 1 is 1.18 bits per heavy atom. The molecular formula is C15H19NO6. The average Bonchev–Trinajstić information content (AvgIpc) is 2.42. The molecule has 2 N–H and O–H groups in total. The molecule has 22 heavy (non-hydrogen) atoms. The van der Waals surface area contributed by atoms with Crippen molar-refractivity contribution in [3.63, 3.8) is 0 Å². The Bertz CT molecular complexity index is 555. The maximum Gasteiger partial charge on any atom is 0.338 e. The predicted molar refractivity (Wildman–Crippen MR) is 79.1 cm³/mol. The lowest BCUT2D eigenvalue weighted by molar-refractivity contribution is -0.138. The molecule has 0 radical (unpaired) electrons. The van der Waals surface area contributed by atoms with Gasteiger partial charge in [-0.15, -0.1) is 0 Å². The first kappa shape index (κ1) is 17.5. The number of hydrogen-bond acceptors (Lipinski definition) is 5. The number of rotatable bonds is 8. The monoisotopic (exact) mass is 309 g/mol. The zero-order valence-corrected chi connectivity index (χ0v) is 12.5. The maximum absolute atomic E-state index is 11.9. The van der Waals surface area contributed by atoms with Gasteiger partial charge in [-0.2, -0.15) is 0 Å². The number of carboxylic acid groups (broad SMARTS) is 2. The highest BCUT2D eigenvalue weighted by molar-refractivity contribution is 5.91. The molecule has 0 amide bonds. The molecule has 0 aliphatic heterocycles. The lowest BCUT2D eigenvalue weighted by Crippen LogP contribution is -2.32. The minimum atomic E-state index is -1.08. The molecule has 0 fully saturated rings. The van der Waals surface area contributed by atoms with Crippen LogP contribution in [0.3, 0.4) is 0 Å². The van der Waals surface area contributed by atoms with Gasteiger partial charge in [0.1, 0.15) is 6.54 Å². The Balaban J connectivity index is 2.96. The summed E-state index contributed by atoms with van der Waals surface area (Å²) in [6.45, 7) is 3.14. The summed E-state index contributed by atoms with van der Waals surface area (Å²) >= 11 is 0. The van der Waals surface area contributed by atoms with E-state index in [0.29, 0.717) is 5.69 Å². The smallest absolute Gasteiger partial charge is 0.338 e. The van der Waals surface area contributed by atoms with Gasteiger partial charge in [-0.1, -0.05) is 6.07 Å². The van der Waals surface area contributed by atoms with Gasteiger partial charge in [-0.25, -0.2) is 4.79 Å². The first-order valence-electron chi connectivity index (χ1n) is 6.79. The van der Waals surface area contributed by atoms with Crippen molar-refractivity contribution >= 4 is 23.6 Å². The van der Waals surface area contributed by atoms with Crippen molar-refractivity contribution in [2.24, 2.45) is 0 Å². The van der Waals surface area contributed by atoms with Crippen molar-refractivity contribution in [1.82, 2.24) is 0 Å². The van der Waals surface area contributed by atoms with Gasteiger partial charge < -0.3 is 19.8 Å². The Morgan fingerprint density at radius 2 is 1.86 bits per heavy atom. The van der Waals surface area contributed by atoms with Crippen LogP contribution < -0.4 is 4.90 Å². The highest BCUT2D eigenvalue weighted by Crippen LogP contribution is 2.17. The van der Waals surface area contributed by atoms with Crippen molar-refractivity contribution in [3.8, 4) is 0 Å². The zero-order chi connectivity index (χ0) is 16.7. The van der Waals surface area contributed by atoms with Crippen LogP contribution in [0.2, 0.25) is 0 Å². The van der Waals surface area contributed by atoms with Crippen molar-refractivity contribution in [2.45, 2.75) is 26.4 Å². The Hall–Kier alpha value is -2.57. The first-order valence-corrected chi connectivity index (χ1v) is 6.79. The molecular weight excluding hydrogens is 290 g/mol.